The predicted molar refractivity (Wildman–Crippen MR) is 76.3 cm³/mol. The molecule has 0 heterocycles. The van der Waals surface area contributed by atoms with Crippen LogP contribution in [-0.2, 0) is 16.1 Å². The summed E-state index contributed by atoms with van der Waals surface area (Å²) in [6.07, 6.45) is 1.52. The van der Waals surface area contributed by atoms with Crippen molar-refractivity contribution in [2.45, 2.75) is 6.61 Å². The van der Waals surface area contributed by atoms with Crippen molar-refractivity contribution >= 4 is 12.0 Å². The van der Waals surface area contributed by atoms with Gasteiger partial charge >= 0.3 is 5.97 Å². The number of esters is 1. The minimum absolute atomic E-state index is 0.00729. The number of rotatable bonds is 4. The Labute approximate surface area is 117 Å². The quantitative estimate of drug-likeness (QED) is 0.483. The lowest BCUT2D eigenvalue weighted by molar-refractivity contribution is -0.139. The van der Waals surface area contributed by atoms with Gasteiger partial charge in [0, 0.05) is 0 Å². The second-order valence-corrected chi connectivity index (χ2v) is 4.14. The fourth-order valence-corrected chi connectivity index (χ4v) is 1.65. The molecule has 2 aromatic rings. The van der Waals surface area contributed by atoms with Crippen LogP contribution < -0.4 is 0 Å². The van der Waals surface area contributed by atoms with Crippen LogP contribution in [0.3, 0.4) is 0 Å². The number of nitriles is 1. The standard InChI is InChI=1S/C17H13NO2/c18-12-16(11-14-7-3-1-4-8-14)17(19)20-13-15-9-5-2-6-10-15/h1-11H,13H2/b16-11-. The van der Waals surface area contributed by atoms with Gasteiger partial charge in [-0.25, -0.2) is 4.79 Å². The molecule has 0 bridgehead atoms. The minimum Gasteiger partial charge on any atom is -0.457 e. The Bertz CT molecular complexity index is 640. The molecular weight excluding hydrogens is 250 g/mol. The topological polar surface area (TPSA) is 50.1 Å². The molecular formula is C17H13NO2. The zero-order chi connectivity index (χ0) is 14.2. The lowest BCUT2D eigenvalue weighted by Crippen LogP contribution is -2.06. The largest absolute Gasteiger partial charge is 0.457 e. The molecule has 0 aliphatic carbocycles. The Morgan fingerprint density at radius 3 is 2.25 bits per heavy atom. The first-order valence-electron chi connectivity index (χ1n) is 6.17. The lowest BCUT2D eigenvalue weighted by Gasteiger charge is -2.03. The van der Waals surface area contributed by atoms with Crippen molar-refractivity contribution in [2.75, 3.05) is 0 Å². The zero-order valence-corrected chi connectivity index (χ0v) is 10.8. The van der Waals surface area contributed by atoms with Crippen LogP contribution in [-0.4, -0.2) is 5.97 Å². The van der Waals surface area contributed by atoms with Crippen molar-refractivity contribution in [2.24, 2.45) is 0 Å². The van der Waals surface area contributed by atoms with Gasteiger partial charge in [-0.1, -0.05) is 60.7 Å². The van der Waals surface area contributed by atoms with E-state index in [4.69, 9.17) is 10.00 Å². The van der Waals surface area contributed by atoms with Crippen LogP contribution in [0.2, 0.25) is 0 Å². The zero-order valence-electron chi connectivity index (χ0n) is 10.8. The summed E-state index contributed by atoms with van der Waals surface area (Å²) in [5, 5.41) is 9.04. The molecule has 3 nitrogen and oxygen atoms in total. The highest BCUT2D eigenvalue weighted by Crippen LogP contribution is 2.09. The highest BCUT2D eigenvalue weighted by molar-refractivity contribution is 5.97. The first-order chi connectivity index (χ1) is 9.79. The van der Waals surface area contributed by atoms with E-state index in [9.17, 15) is 4.79 Å². The van der Waals surface area contributed by atoms with Crippen LogP contribution in [0.4, 0.5) is 0 Å². The molecule has 0 aliphatic heterocycles. The van der Waals surface area contributed by atoms with Gasteiger partial charge in [-0.2, -0.15) is 5.26 Å². The smallest absolute Gasteiger partial charge is 0.349 e. The highest BCUT2D eigenvalue weighted by Gasteiger charge is 2.10. The molecule has 0 aromatic heterocycles. The van der Waals surface area contributed by atoms with Gasteiger partial charge in [-0.3, -0.25) is 0 Å². The van der Waals surface area contributed by atoms with Gasteiger partial charge < -0.3 is 4.74 Å². The number of benzene rings is 2. The van der Waals surface area contributed by atoms with E-state index in [1.807, 2.05) is 66.7 Å². The van der Waals surface area contributed by atoms with Crippen LogP contribution in [0.25, 0.3) is 6.08 Å². The number of carbonyl (C=O) groups is 1. The molecule has 98 valence electrons. The van der Waals surface area contributed by atoms with E-state index in [0.29, 0.717) is 0 Å². The molecule has 2 aromatic carbocycles. The number of nitrogens with zero attached hydrogens (tertiary/aromatic N) is 1. The van der Waals surface area contributed by atoms with Crippen molar-refractivity contribution in [3.8, 4) is 6.07 Å². The van der Waals surface area contributed by atoms with Crippen molar-refractivity contribution < 1.29 is 9.53 Å². The Hall–Kier alpha value is -2.86. The van der Waals surface area contributed by atoms with Gasteiger partial charge in [-0.15, -0.1) is 0 Å². The average molecular weight is 263 g/mol. The Kier molecular flexibility index (Phi) is 4.69. The van der Waals surface area contributed by atoms with Crippen LogP contribution in [0.5, 0.6) is 0 Å². The van der Waals surface area contributed by atoms with Crippen molar-refractivity contribution in [1.82, 2.24) is 0 Å². The Morgan fingerprint density at radius 1 is 1.05 bits per heavy atom. The molecule has 0 unspecified atom stereocenters. The SMILES string of the molecule is N#C/C(=C/c1ccccc1)C(=O)OCc1ccccc1. The van der Waals surface area contributed by atoms with Crippen LogP contribution in [0.1, 0.15) is 11.1 Å². The highest BCUT2D eigenvalue weighted by atomic mass is 16.5. The lowest BCUT2D eigenvalue weighted by atomic mass is 10.1. The maximum Gasteiger partial charge on any atom is 0.349 e. The molecule has 20 heavy (non-hydrogen) atoms. The molecule has 0 saturated heterocycles. The first-order valence-corrected chi connectivity index (χ1v) is 6.17. The first kappa shape index (κ1) is 13.6. The molecule has 0 amide bonds. The van der Waals surface area contributed by atoms with Crippen LogP contribution in [0, 0.1) is 11.3 Å². The Balaban J connectivity index is 2.03. The maximum absolute atomic E-state index is 11.8. The molecule has 0 radical (unpaired) electrons. The van der Waals surface area contributed by atoms with E-state index in [0.717, 1.165) is 11.1 Å². The van der Waals surface area contributed by atoms with Gasteiger partial charge in [0.25, 0.3) is 0 Å². The van der Waals surface area contributed by atoms with Crippen molar-refractivity contribution in [3.63, 3.8) is 0 Å². The van der Waals surface area contributed by atoms with Gasteiger partial charge in [0.2, 0.25) is 0 Å². The van der Waals surface area contributed by atoms with Gasteiger partial charge in [0.1, 0.15) is 18.2 Å². The van der Waals surface area contributed by atoms with Crippen molar-refractivity contribution in [3.05, 3.63) is 77.4 Å². The molecule has 0 spiro atoms. The molecule has 0 fully saturated rings. The fraction of sp³-hybridized carbons (Fsp3) is 0.0588. The molecule has 0 saturated carbocycles. The third-order valence-corrected chi connectivity index (χ3v) is 2.66. The molecule has 2 rings (SSSR count). The van der Waals surface area contributed by atoms with E-state index < -0.39 is 5.97 Å². The third-order valence-electron chi connectivity index (χ3n) is 2.66. The van der Waals surface area contributed by atoms with Crippen LogP contribution in [0.15, 0.2) is 66.2 Å². The number of ether oxygens (including phenoxy) is 1. The number of carbonyl (C=O) groups excluding carboxylic acids is 1. The summed E-state index contributed by atoms with van der Waals surface area (Å²) in [7, 11) is 0. The van der Waals surface area contributed by atoms with E-state index in [-0.39, 0.29) is 12.2 Å². The number of hydrogen-bond acceptors (Lipinski definition) is 3. The molecule has 0 N–H and O–H groups in total. The van der Waals surface area contributed by atoms with Crippen molar-refractivity contribution in [1.29, 1.82) is 5.26 Å². The third kappa shape index (κ3) is 3.82. The minimum atomic E-state index is -0.611. The molecule has 0 atom stereocenters. The molecule has 0 aliphatic rings. The summed E-state index contributed by atoms with van der Waals surface area (Å²) in [6.45, 7) is 0.160. The second kappa shape index (κ2) is 6.91. The summed E-state index contributed by atoms with van der Waals surface area (Å²) in [5.74, 6) is -0.611. The van der Waals surface area contributed by atoms with E-state index in [1.165, 1.54) is 6.08 Å². The summed E-state index contributed by atoms with van der Waals surface area (Å²) in [5.41, 5.74) is 1.67. The monoisotopic (exact) mass is 263 g/mol. The predicted octanol–water partition coefficient (Wildman–Crippen LogP) is 3.34. The second-order valence-electron chi connectivity index (χ2n) is 4.14. The maximum atomic E-state index is 11.8. The van der Waals surface area contributed by atoms with E-state index in [2.05, 4.69) is 0 Å². The Morgan fingerprint density at radius 2 is 1.65 bits per heavy atom. The average Bonchev–Trinajstić information content (AvgIpc) is 2.52. The summed E-state index contributed by atoms with van der Waals surface area (Å²) in [4.78, 5) is 11.8. The van der Waals surface area contributed by atoms with Gasteiger partial charge in [0.15, 0.2) is 0 Å². The normalized spacial score (nSPS) is 10.7. The summed E-state index contributed by atoms with van der Waals surface area (Å²) < 4.78 is 5.12. The number of hydrogen-bond donors (Lipinski definition) is 0. The summed E-state index contributed by atoms with van der Waals surface area (Å²) in [6, 6.07) is 20.4. The summed E-state index contributed by atoms with van der Waals surface area (Å²) >= 11 is 0. The van der Waals surface area contributed by atoms with E-state index in [1.54, 1.807) is 0 Å². The van der Waals surface area contributed by atoms with E-state index >= 15 is 0 Å². The van der Waals surface area contributed by atoms with Crippen LogP contribution >= 0.6 is 0 Å². The molecule has 3 heteroatoms. The van der Waals surface area contributed by atoms with Gasteiger partial charge in [0.05, 0.1) is 0 Å². The fourth-order valence-electron chi connectivity index (χ4n) is 1.65. The van der Waals surface area contributed by atoms with Gasteiger partial charge in [-0.05, 0) is 17.2 Å².